The first-order valence-electron chi connectivity index (χ1n) is 8.35. The number of carbonyl (C=O) groups excluding carboxylic acids is 3. The summed E-state index contributed by atoms with van der Waals surface area (Å²) in [6.07, 6.45) is 0.550. The van der Waals surface area contributed by atoms with Crippen molar-refractivity contribution >= 4 is 51.9 Å². The van der Waals surface area contributed by atoms with Gasteiger partial charge in [0.15, 0.2) is 5.78 Å². The summed E-state index contributed by atoms with van der Waals surface area (Å²) >= 11 is 8.74. The summed E-state index contributed by atoms with van der Waals surface area (Å²) in [6, 6.07) is 7.30. The molecule has 0 aliphatic carbocycles. The van der Waals surface area contributed by atoms with E-state index >= 15 is 0 Å². The van der Waals surface area contributed by atoms with E-state index in [-0.39, 0.29) is 43.4 Å². The normalized spacial score (nSPS) is 10.5. The van der Waals surface area contributed by atoms with Crippen LogP contribution in [-0.2, 0) is 16.1 Å². The third-order valence-corrected chi connectivity index (χ3v) is 5.87. The van der Waals surface area contributed by atoms with E-state index in [4.69, 9.17) is 11.6 Å². The van der Waals surface area contributed by atoms with Crippen molar-refractivity contribution in [2.75, 3.05) is 13.1 Å². The molecule has 0 aromatic carbocycles. The van der Waals surface area contributed by atoms with Crippen molar-refractivity contribution in [3.05, 3.63) is 43.7 Å². The van der Waals surface area contributed by atoms with Crippen molar-refractivity contribution in [1.29, 1.82) is 0 Å². The number of hydrogen-bond donors (Lipinski definition) is 1. The highest BCUT2D eigenvalue weighted by molar-refractivity contribution is 7.16. The summed E-state index contributed by atoms with van der Waals surface area (Å²) < 4.78 is 0.702. The fourth-order valence-corrected chi connectivity index (χ4v) is 4.14. The smallest absolute Gasteiger partial charge is 0.224 e. The highest BCUT2D eigenvalue weighted by Gasteiger charge is 2.14. The molecule has 5 nitrogen and oxygen atoms in total. The second kappa shape index (κ2) is 10.4. The van der Waals surface area contributed by atoms with Crippen molar-refractivity contribution in [3.8, 4) is 0 Å². The molecule has 0 spiro atoms. The van der Waals surface area contributed by atoms with Crippen LogP contribution in [0.1, 0.15) is 40.7 Å². The van der Waals surface area contributed by atoms with E-state index in [0.717, 1.165) is 4.88 Å². The predicted octanol–water partition coefficient (Wildman–Crippen LogP) is 3.98. The van der Waals surface area contributed by atoms with Crippen LogP contribution in [-0.4, -0.2) is 35.6 Å². The SMILES string of the molecule is CCN(Cc1ccc(Cl)s1)C(=O)CCNC(=O)CCC(=O)c1cccs1. The van der Waals surface area contributed by atoms with Gasteiger partial charge in [0.1, 0.15) is 0 Å². The van der Waals surface area contributed by atoms with Gasteiger partial charge in [-0.2, -0.15) is 0 Å². The van der Waals surface area contributed by atoms with Crippen LogP contribution in [0.3, 0.4) is 0 Å². The van der Waals surface area contributed by atoms with Crippen molar-refractivity contribution in [3.63, 3.8) is 0 Å². The third-order valence-electron chi connectivity index (χ3n) is 3.75. The number of thiophene rings is 2. The van der Waals surface area contributed by atoms with E-state index in [9.17, 15) is 14.4 Å². The first kappa shape index (κ1) is 20.6. The fraction of sp³-hybridized carbons (Fsp3) is 0.389. The molecule has 0 saturated carbocycles. The van der Waals surface area contributed by atoms with Gasteiger partial charge in [0, 0.05) is 37.2 Å². The Kier molecular flexibility index (Phi) is 8.28. The molecule has 0 radical (unpaired) electrons. The van der Waals surface area contributed by atoms with E-state index in [0.29, 0.717) is 22.3 Å². The molecule has 0 saturated heterocycles. The molecule has 0 unspecified atom stereocenters. The van der Waals surface area contributed by atoms with E-state index in [2.05, 4.69) is 5.32 Å². The number of ketones is 1. The molecule has 0 fully saturated rings. The molecular formula is C18H21ClN2O3S2. The second-order valence-electron chi connectivity index (χ2n) is 5.61. The lowest BCUT2D eigenvalue weighted by molar-refractivity contribution is -0.131. The molecule has 0 aliphatic heterocycles. The molecule has 0 aliphatic rings. The zero-order chi connectivity index (χ0) is 18.9. The summed E-state index contributed by atoms with van der Waals surface area (Å²) in [5.74, 6) is -0.263. The molecule has 8 heteroatoms. The molecule has 140 valence electrons. The Labute approximate surface area is 166 Å². The lowest BCUT2D eigenvalue weighted by Gasteiger charge is -2.20. The van der Waals surface area contributed by atoms with Crippen molar-refractivity contribution in [2.45, 2.75) is 32.7 Å². The van der Waals surface area contributed by atoms with Gasteiger partial charge in [-0.15, -0.1) is 22.7 Å². The van der Waals surface area contributed by atoms with Gasteiger partial charge in [-0.1, -0.05) is 17.7 Å². The van der Waals surface area contributed by atoms with E-state index < -0.39 is 0 Å². The Bertz CT molecular complexity index is 743. The standard InChI is InChI=1S/C18H21ClN2O3S2/c1-2-21(12-13-5-7-16(19)26-13)18(24)9-10-20-17(23)8-6-14(22)15-4-3-11-25-15/h3-5,7,11H,2,6,8-10,12H2,1H3,(H,20,23). The number of halogens is 1. The van der Waals surface area contributed by atoms with E-state index in [1.54, 1.807) is 11.0 Å². The quantitative estimate of drug-likeness (QED) is 0.600. The zero-order valence-corrected chi connectivity index (χ0v) is 16.9. The van der Waals surface area contributed by atoms with Crippen molar-refractivity contribution in [2.24, 2.45) is 0 Å². The van der Waals surface area contributed by atoms with Crippen molar-refractivity contribution in [1.82, 2.24) is 10.2 Å². The number of nitrogens with zero attached hydrogens (tertiary/aromatic N) is 1. The predicted molar refractivity (Wildman–Crippen MR) is 106 cm³/mol. The number of rotatable bonds is 10. The van der Waals surface area contributed by atoms with Gasteiger partial charge in [-0.05, 0) is 30.5 Å². The van der Waals surface area contributed by atoms with Crippen LogP contribution < -0.4 is 5.32 Å². The molecule has 2 amide bonds. The summed E-state index contributed by atoms with van der Waals surface area (Å²) in [6.45, 7) is 3.31. The highest BCUT2D eigenvalue weighted by atomic mass is 35.5. The molecule has 2 heterocycles. The summed E-state index contributed by atoms with van der Waals surface area (Å²) in [4.78, 5) is 39.4. The maximum atomic E-state index is 12.3. The first-order chi connectivity index (χ1) is 12.5. The molecule has 2 aromatic heterocycles. The summed E-state index contributed by atoms with van der Waals surface area (Å²) in [5.41, 5.74) is 0. The van der Waals surface area contributed by atoms with Gasteiger partial charge >= 0.3 is 0 Å². The molecule has 0 atom stereocenters. The maximum absolute atomic E-state index is 12.3. The van der Waals surface area contributed by atoms with Crippen LogP contribution >= 0.6 is 34.3 Å². The molecule has 2 rings (SSSR count). The Morgan fingerprint density at radius 2 is 1.96 bits per heavy atom. The number of nitrogens with one attached hydrogen (secondary N) is 1. The lowest BCUT2D eigenvalue weighted by Crippen LogP contribution is -2.34. The van der Waals surface area contributed by atoms with Gasteiger partial charge in [-0.25, -0.2) is 0 Å². The minimum Gasteiger partial charge on any atom is -0.356 e. The minimum absolute atomic E-state index is 0.0213. The number of amides is 2. The number of hydrogen-bond acceptors (Lipinski definition) is 5. The fourth-order valence-electron chi connectivity index (χ4n) is 2.34. The average Bonchev–Trinajstić information content (AvgIpc) is 3.29. The maximum Gasteiger partial charge on any atom is 0.224 e. The van der Waals surface area contributed by atoms with E-state index in [1.165, 1.54) is 22.7 Å². The Balaban J connectivity index is 1.67. The largest absolute Gasteiger partial charge is 0.356 e. The molecule has 0 bridgehead atoms. The zero-order valence-electron chi connectivity index (χ0n) is 14.5. The third kappa shape index (κ3) is 6.55. The van der Waals surface area contributed by atoms with E-state index in [1.807, 2.05) is 30.5 Å². The average molecular weight is 413 g/mol. The molecular weight excluding hydrogens is 392 g/mol. The molecule has 1 N–H and O–H groups in total. The van der Waals surface area contributed by atoms with Crippen LogP contribution in [0.15, 0.2) is 29.6 Å². The highest BCUT2D eigenvalue weighted by Crippen LogP contribution is 2.22. The second-order valence-corrected chi connectivity index (χ2v) is 8.36. The van der Waals surface area contributed by atoms with Crippen LogP contribution in [0.4, 0.5) is 0 Å². The van der Waals surface area contributed by atoms with Gasteiger partial charge in [0.25, 0.3) is 0 Å². The van der Waals surface area contributed by atoms with Crippen LogP contribution in [0, 0.1) is 0 Å². The van der Waals surface area contributed by atoms with Crippen LogP contribution in [0.25, 0.3) is 0 Å². The van der Waals surface area contributed by atoms with Gasteiger partial charge in [0.2, 0.25) is 11.8 Å². The van der Waals surface area contributed by atoms with Crippen LogP contribution in [0.2, 0.25) is 4.34 Å². The van der Waals surface area contributed by atoms with Crippen LogP contribution in [0.5, 0.6) is 0 Å². The Morgan fingerprint density at radius 1 is 1.15 bits per heavy atom. The summed E-state index contributed by atoms with van der Waals surface area (Å²) in [7, 11) is 0. The molecule has 26 heavy (non-hydrogen) atoms. The topological polar surface area (TPSA) is 66.5 Å². The minimum atomic E-state index is -0.212. The van der Waals surface area contributed by atoms with Crippen molar-refractivity contribution < 1.29 is 14.4 Å². The number of carbonyl (C=O) groups is 3. The lowest BCUT2D eigenvalue weighted by atomic mass is 10.2. The number of Topliss-reactive ketones (excluding diaryl/α,β-unsaturated/α-hetero) is 1. The van der Waals surface area contributed by atoms with Gasteiger partial charge in [0.05, 0.1) is 15.8 Å². The first-order valence-corrected chi connectivity index (χ1v) is 10.4. The van der Waals surface area contributed by atoms with Gasteiger partial charge in [-0.3, -0.25) is 14.4 Å². The molecule has 2 aromatic rings. The monoisotopic (exact) mass is 412 g/mol. The van der Waals surface area contributed by atoms with Gasteiger partial charge < -0.3 is 10.2 Å². The Hall–Kier alpha value is -1.70. The summed E-state index contributed by atoms with van der Waals surface area (Å²) in [5, 5.41) is 4.54. The Morgan fingerprint density at radius 3 is 2.58 bits per heavy atom.